The minimum Gasteiger partial charge on any atom is -0.508 e. The quantitative estimate of drug-likeness (QED) is 0.788. The number of nitrogens with two attached hydrogens (primary N) is 2. The van der Waals surface area contributed by atoms with Crippen LogP contribution in [0.25, 0.3) is 11.8 Å². The Morgan fingerprint density at radius 2 is 1.92 bits per heavy atom. The number of aromatic hydroxyl groups is 1. The lowest BCUT2D eigenvalue weighted by atomic mass is 10.1. The zero-order valence-corrected chi connectivity index (χ0v) is 14.8. The summed E-state index contributed by atoms with van der Waals surface area (Å²) >= 11 is 0. The molecule has 0 saturated carbocycles. The number of aryl methyl sites for hydroxylation is 1. The maximum atomic E-state index is 12.8. The molecule has 2 rings (SSSR count). The first-order chi connectivity index (χ1) is 10.8. The molecule has 5 N–H and O–H groups in total. The molecule has 0 aliphatic rings. The van der Waals surface area contributed by atoms with Crippen LogP contribution in [0.5, 0.6) is 5.75 Å². The number of benzene rings is 1. The third-order valence-electron chi connectivity index (χ3n) is 3.71. The fourth-order valence-electron chi connectivity index (χ4n) is 2.54. The molecule has 0 aliphatic carbocycles. The van der Waals surface area contributed by atoms with Gasteiger partial charge in [-0.25, -0.2) is 0 Å². The molecule has 6 nitrogen and oxygen atoms in total. The van der Waals surface area contributed by atoms with E-state index in [0.29, 0.717) is 11.3 Å². The number of hydrogen-bond donors (Lipinski definition) is 3. The van der Waals surface area contributed by atoms with E-state index in [1.54, 1.807) is 45.1 Å². The van der Waals surface area contributed by atoms with E-state index in [-0.39, 0.29) is 41.7 Å². The number of phenols is 1. The van der Waals surface area contributed by atoms with E-state index in [1.807, 2.05) is 0 Å². The highest BCUT2D eigenvalue weighted by molar-refractivity contribution is 7.59. The van der Waals surface area contributed by atoms with E-state index in [2.05, 4.69) is 0 Å². The highest BCUT2D eigenvalue weighted by Crippen LogP contribution is 2.28. The zero-order valence-electron chi connectivity index (χ0n) is 13.8. The Morgan fingerprint density at radius 3 is 2.46 bits per heavy atom. The molecule has 2 aromatic rings. The van der Waals surface area contributed by atoms with Crippen LogP contribution in [0.4, 0.5) is 5.82 Å². The Labute approximate surface area is 146 Å². The van der Waals surface area contributed by atoms with Crippen molar-refractivity contribution in [3.63, 3.8) is 0 Å². The summed E-state index contributed by atoms with van der Waals surface area (Å²) in [6.45, 7) is 5.23. The number of anilines is 1. The molecule has 1 amide bonds. The summed E-state index contributed by atoms with van der Waals surface area (Å²) < 4.78 is 1.22. The van der Waals surface area contributed by atoms with Crippen molar-refractivity contribution in [1.29, 1.82) is 0 Å². The van der Waals surface area contributed by atoms with E-state index >= 15 is 0 Å². The molecule has 0 fully saturated rings. The van der Waals surface area contributed by atoms with E-state index in [0.717, 1.165) is 5.56 Å². The standard InChI is InChI=1S/C17H19N3O3.H2S/c1-4-5-11-8-12(16(19)22)15(18)20(17(11)23)14-9(2)6-7-13(21)10(14)3;/h4-8,21H,18H2,1-3H3,(H2,19,22);1H2/b5-4+;. The van der Waals surface area contributed by atoms with E-state index in [9.17, 15) is 14.7 Å². The van der Waals surface area contributed by atoms with Crippen LogP contribution in [0, 0.1) is 13.8 Å². The first kappa shape index (κ1) is 19.4. The SMILES string of the molecule is C/C=C/c1cc(C(N)=O)c(N)n(-c2c(C)ccc(O)c2C)c1=O.S. The van der Waals surface area contributed by atoms with Crippen LogP contribution >= 0.6 is 13.5 Å². The second-order valence-electron chi connectivity index (χ2n) is 5.28. The molecule has 0 saturated heterocycles. The highest BCUT2D eigenvalue weighted by atomic mass is 32.1. The van der Waals surface area contributed by atoms with Crippen LogP contribution in [-0.2, 0) is 0 Å². The molecule has 0 bridgehead atoms. The van der Waals surface area contributed by atoms with Gasteiger partial charge in [-0.15, -0.1) is 0 Å². The summed E-state index contributed by atoms with van der Waals surface area (Å²) in [6, 6.07) is 4.60. The minimum absolute atomic E-state index is 0. The number of rotatable bonds is 3. The van der Waals surface area contributed by atoms with Gasteiger partial charge in [0.1, 0.15) is 11.6 Å². The normalized spacial score (nSPS) is 10.6. The fraction of sp³-hybridized carbons (Fsp3) is 0.176. The number of hydrogen-bond acceptors (Lipinski definition) is 4. The number of aromatic nitrogens is 1. The molecule has 7 heteroatoms. The lowest BCUT2D eigenvalue weighted by Crippen LogP contribution is -2.28. The van der Waals surface area contributed by atoms with Gasteiger partial charge >= 0.3 is 0 Å². The van der Waals surface area contributed by atoms with Crippen molar-refractivity contribution in [1.82, 2.24) is 4.57 Å². The minimum atomic E-state index is -0.725. The van der Waals surface area contributed by atoms with Crippen molar-refractivity contribution in [3.05, 3.63) is 56.9 Å². The number of nitrogens with zero attached hydrogens (tertiary/aromatic N) is 1. The molecule has 0 aliphatic heterocycles. The molecule has 0 spiro atoms. The second kappa shape index (κ2) is 7.27. The number of nitrogen functional groups attached to an aromatic ring is 1. The van der Waals surface area contributed by atoms with Crippen LogP contribution in [0.3, 0.4) is 0 Å². The molecule has 0 radical (unpaired) electrons. The van der Waals surface area contributed by atoms with Crippen LogP contribution in [0.2, 0.25) is 0 Å². The van der Waals surface area contributed by atoms with Gasteiger partial charge in [0.2, 0.25) is 0 Å². The van der Waals surface area contributed by atoms with Crippen molar-refractivity contribution < 1.29 is 9.90 Å². The van der Waals surface area contributed by atoms with Crippen molar-refractivity contribution in [2.24, 2.45) is 5.73 Å². The highest BCUT2D eigenvalue weighted by Gasteiger charge is 2.19. The van der Waals surface area contributed by atoms with Gasteiger partial charge in [0, 0.05) is 11.1 Å². The predicted octanol–water partition coefficient (Wildman–Crippen LogP) is 1.99. The molecule has 1 heterocycles. The summed E-state index contributed by atoms with van der Waals surface area (Å²) in [4.78, 5) is 24.4. The molecule has 1 aromatic heterocycles. The third kappa shape index (κ3) is 3.16. The first-order valence-electron chi connectivity index (χ1n) is 7.07. The number of carbonyl (C=O) groups is 1. The number of primary amides is 1. The molecule has 24 heavy (non-hydrogen) atoms. The van der Waals surface area contributed by atoms with Crippen LogP contribution in [-0.4, -0.2) is 15.6 Å². The Morgan fingerprint density at radius 1 is 1.29 bits per heavy atom. The molecular formula is C17H21N3O3S. The Hall–Kier alpha value is -2.67. The van der Waals surface area contributed by atoms with Crippen molar-refractivity contribution in [3.8, 4) is 11.4 Å². The number of pyridine rings is 1. The molecule has 0 atom stereocenters. The van der Waals surface area contributed by atoms with E-state index in [4.69, 9.17) is 11.5 Å². The topological polar surface area (TPSA) is 111 Å². The lowest BCUT2D eigenvalue weighted by Gasteiger charge is -2.18. The Balaban J connectivity index is 0.00000288. The largest absolute Gasteiger partial charge is 0.508 e. The summed E-state index contributed by atoms with van der Waals surface area (Å²) in [7, 11) is 0. The Kier molecular flexibility index (Phi) is 5.87. The number of allylic oxidation sites excluding steroid dienone is 1. The van der Waals surface area contributed by atoms with Crippen molar-refractivity contribution in [2.75, 3.05) is 5.73 Å². The van der Waals surface area contributed by atoms with Gasteiger partial charge in [-0.3, -0.25) is 14.2 Å². The van der Waals surface area contributed by atoms with Gasteiger partial charge in [-0.05, 0) is 38.5 Å². The summed E-state index contributed by atoms with van der Waals surface area (Å²) in [6.07, 6.45) is 3.27. The first-order valence-corrected chi connectivity index (χ1v) is 7.07. The smallest absolute Gasteiger partial charge is 0.264 e. The summed E-state index contributed by atoms with van der Waals surface area (Å²) in [5.74, 6) is -0.737. The average molecular weight is 347 g/mol. The van der Waals surface area contributed by atoms with Crippen LogP contribution < -0.4 is 17.0 Å². The summed E-state index contributed by atoms with van der Waals surface area (Å²) in [5.41, 5.74) is 13.0. The number of carbonyl (C=O) groups excluding carboxylic acids is 1. The van der Waals surface area contributed by atoms with Gasteiger partial charge < -0.3 is 16.6 Å². The molecular weight excluding hydrogens is 326 g/mol. The molecule has 0 unspecified atom stereocenters. The van der Waals surface area contributed by atoms with Gasteiger partial charge in [0.05, 0.1) is 11.3 Å². The van der Waals surface area contributed by atoms with E-state index in [1.165, 1.54) is 10.6 Å². The second-order valence-corrected chi connectivity index (χ2v) is 5.28. The monoisotopic (exact) mass is 347 g/mol. The number of phenolic OH excluding ortho intramolecular Hbond substituents is 1. The predicted molar refractivity (Wildman–Crippen MR) is 101 cm³/mol. The zero-order chi connectivity index (χ0) is 17.3. The van der Waals surface area contributed by atoms with Crippen molar-refractivity contribution in [2.45, 2.75) is 20.8 Å². The number of amides is 1. The fourth-order valence-corrected chi connectivity index (χ4v) is 2.54. The summed E-state index contributed by atoms with van der Waals surface area (Å²) in [5, 5.41) is 9.96. The van der Waals surface area contributed by atoms with Gasteiger partial charge in [-0.1, -0.05) is 18.2 Å². The van der Waals surface area contributed by atoms with Gasteiger partial charge in [0.15, 0.2) is 0 Å². The average Bonchev–Trinajstić information content (AvgIpc) is 2.49. The Bertz CT molecular complexity index is 886. The lowest BCUT2D eigenvalue weighted by molar-refractivity contribution is 0.100. The molecule has 128 valence electrons. The maximum absolute atomic E-state index is 12.8. The molecule has 1 aromatic carbocycles. The van der Waals surface area contributed by atoms with Gasteiger partial charge in [0.25, 0.3) is 11.5 Å². The van der Waals surface area contributed by atoms with Crippen LogP contribution in [0.1, 0.15) is 34.0 Å². The van der Waals surface area contributed by atoms with E-state index < -0.39 is 5.91 Å². The van der Waals surface area contributed by atoms with Crippen LogP contribution in [0.15, 0.2) is 29.1 Å². The van der Waals surface area contributed by atoms with Gasteiger partial charge in [-0.2, -0.15) is 13.5 Å². The maximum Gasteiger partial charge on any atom is 0.264 e. The third-order valence-corrected chi connectivity index (χ3v) is 3.71. The van der Waals surface area contributed by atoms with Crippen molar-refractivity contribution >= 4 is 31.3 Å².